The molecule has 8 rings (SSSR count). The lowest BCUT2D eigenvalue weighted by Crippen LogP contribution is -2.39. The number of ether oxygens (including phenoxy) is 3. The van der Waals surface area contributed by atoms with Crippen molar-refractivity contribution in [2.45, 2.75) is 19.4 Å². The van der Waals surface area contributed by atoms with E-state index in [9.17, 15) is 9.59 Å². The van der Waals surface area contributed by atoms with Crippen LogP contribution in [0, 0.1) is 0 Å². The Balaban J connectivity index is 1.05. The number of anilines is 2. The monoisotopic (exact) mass is 892 g/mol. The number of aryl methyl sites for hydroxylation is 2. The number of morpholine rings is 1. The number of halogens is 2. The van der Waals surface area contributed by atoms with Crippen LogP contribution in [0.3, 0.4) is 0 Å². The van der Waals surface area contributed by atoms with Crippen molar-refractivity contribution in [3.8, 4) is 28.6 Å². The third kappa shape index (κ3) is 9.39. The van der Waals surface area contributed by atoms with E-state index >= 15 is 0 Å². The van der Waals surface area contributed by atoms with Gasteiger partial charge in [-0.05, 0) is 11.1 Å². The molecule has 63 heavy (non-hydrogen) atoms. The lowest BCUT2D eigenvalue weighted by molar-refractivity contribution is -0.586. The highest BCUT2D eigenvalue weighted by molar-refractivity contribution is 6.29. The zero-order valence-corrected chi connectivity index (χ0v) is 36.3. The predicted molar refractivity (Wildman–Crippen MR) is 233 cm³/mol. The van der Waals surface area contributed by atoms with E-state index < -0.39 is 11.9 Å². The van der Waals surface area contributed by atoms with Gasteiger partial charge in [0.2, 0.25) is 11.8 Å². The van der Waals surface area contributed by atoms with Gasteiger partial charge >= 0.3 is 17.9 Å². The molecule has 7 aromatic rings. The van der Waals surface area contributed by atoms with E-state index in [4.69, 9.17) is 59.0 Å². The van der Waals surface area contributed by atoms with E-state index in [2.05, 4.69) is 25.0 Å². The minimum Gasteiger partial charge on any atom is -0.460 e. The molecule has 1 fully saturated rings. The summed E-state index contributed by atoms with van der Waals surface area (Å²) in [4.78, 5) is 47.4. The molecule has 4 N–H and O–H groups in total. The molecular formula is C43H44Cl2N13O5+. The number of esters is 2. The highest BCUT2D eigenvalue weighted by Gasteiger charge is 2.30. The average molecular weight is 894 g/mol. The third-order valence-electron chi connectivity index (χ3n) is 10.6. The Kier molecular flexibility index (Phi) is 12.8. The van der Waals surface area contributed by atoms with E-state index in [1.165, 1.54) is 20.0 Å². The average Bonchev–Trinajstić information content (AvgIpc) is 3.91. The van der Waals surface area contributed by atoms with Gasteiger partial charge in [-0.1, -0.05) is 83.9 Å². The number of imidazole rings is 1. The summed E-state index contributed by atoms with van der Waals surface area (Å²) in [6.45, 7) is 3.47. The number of benzene rings is 2. The fourth-order valence-corrected chi connectivity index (χ4v) is 7.99. The van der Waals surface area contributed by atoms with Crippen LogP contribution in [0.15, 0.2) is 79.0 Å². The normalized spacial score (nSPS) is 13.0. The first-order valence-corrected chi connectivity index (χ1v) is 20.7. The van der Waals surface area contributed by atoms with Gasteiger partial charge < -0.3 is 25.7 Å². The Morgan fingerprint density at radius 3 is 1.92 bits per heavy atom. The first kappa shape index (κ1) is 42.9. The van der Waals surface area contributed by atoms with Crippen LogP contribution in [0.25, 0.3) is 28.6 Å². The maximum absolute atomic E-state index is 13.9. The molecule has 0 atom stereocenters. The Morgan fingerprint density at radius 1 is 0.778 bits per heavy atom. The minimum absolute atomic E-state index is 0.0217. The molecule has 0 amide bonds. The highest BCUT2D eigenvalue weighted by atomic mass is 35.5. The maximum atomic E-state index is 13.9. The lowest BCUT2D eigenvalue weighted by atomic mass is 10.0. The standard InChI is InChI=1S/C43H43Cl2N13O5/c1-54-34(25-63-41(60)39-28(20-26-10-6-4-7-11-26)36(52-56(39)3)30-22-32(44)51-42(46)49-30)48-24-35(54)58-33(45)23-31(50-43(58)47)37-29(21-27-12-8-5-9-13-27)38(55(2)53-37)40(59)62-19-16-57-14-17-61-18-15-57/h4-13,22-24,47H,14-21,25H2,1-3H3,(H2,46,49,51)/p+1. The number of nitrogen functional groups attached to an aromatic ring is 2. The molecule has 0 saturated carbocycles. The summed E-state index contributed by atoms with van der Waals surface area (Å²) in [5.41, 5.74) is 17.7. The van der Waals surface area contributed by atoms with E-state index in [0.29, 0.717) is 83.8 Å². The predicted octanol–water partition coefficient (Wildman–Crippen LogP) is 4.18. The SMILES string of the molecule is Cn1nc(-c2cc(Cl)nc(N)n2)c(Cc2ccccc2)c1C(=O)OCc1ncc(-[n+]2c(Cl)cc(-c3nn(C)c(C(=O)OCCN4CCOCC4)c3Cc3ccccc3)nc2N)n1C. The van der Waals surface area contributed by atoms with Gasteiger partial charge in [-0.2, -0.15) is 14.8 Å². The van der Waals surface area contributed by atoms with Crippen LogP contribution >= 0.6 is 23.2 Å². The van der Waals surface area contributed by atoms with E-state index in [1.807, 2.05) is 60.7 Å². The molecule has 20 heteroatoms. The van der Waals surface area contributed by atoms with Gasteiger partial charge in [-0.15, -0.1) is 4.98 Å². The minimum atomic E-state index is -0.641. The lowest BCUT2D eigenvalue weighted by Gasteiger charge is -2.26. The van der Waals surface area contributed by atoms with Gasteiger partial charge in [0.1, 0.15) is 34.5 Å². The fraction of sp³-hybridized carbons (Fsp3) is 0.279. The van der Waals surface area contributed by atoms with E-state index in [-0.39, 0.29) is 41.1 Å². The topological polar surface area (TPSA) is 213 Å². The largest absolute Gasteiger partial charge is 0.460 e. The van der Waals surface area contributed by atoms with E-state index in [0.717, 1.165) is 24.2 Å². The first-order valence-electron chi connectivity index (χ1n) is 20.0. The van der Waals surface area contributed by atoms with Crippen molar-refractivity contribution in [3.63, 3.8) is 0 Å². The number of hydrogen-bond acceptors (Lipinski definition) is 14. The van der Waals surface area contributed by atoms with Crippen molar-refractivity contribution >= 4 is 47.0 Å². The molecule has 2 aromatic carbocycles. The van der Waals surface area contributed by atoms with Crippen LogP contribution in [0.4, 0.5) is 11.9 Å². The number of rotatable bonds is 14. The molecule has 6 heterocycles. The second-order valence-electron chi connectivity index (χ2n) is 14.8. The van der Waals surface area contributed by atoms with Crippen molar-refractivity contribution in [2.75, 3.05) is 50.9 Å². The summed E-state index contributed by atoms with van der Waals surface area (Å²) in [6.07, 6.45) is 2.26. The Morgan fingerprint density at radius 2 is 1.35 bits per heavy atom. The second kappa shape index (κ2) is 18.7. The number of carbonyl (C=O) groups is 2. The number of aromatic nitrogens is 10. The Hall–Kier alpha value is -6.73. The summed E-state index contributed by atoms with van der Waals surface area (Å²) in [7, 11) is 5.08. The Bertz CT molecular complexity index is 2740. The summed E-state index contributed by atoms with van der Waals surface area (Å²) < 4.78 is 23.2. The molecule has 5 aromatic heterocycles. The quantitative estimate of drug-likeness (QED) is 0.0891. The summed E-state index contributed by atoms with van der Waals surface area (Å²) in [6, 6.07) is 22.5. The van der Waals surface area contributed by atoms with Gasteiger partial charge in [-0.25, -0.2) is 24.5 Å². The van der Waals surface area contributed by atoms with Crippen LogP contribution in [-0.4, -0.2) is 100 Å². The van der Waals surface area contributed by atoms with E-state index in [1.54, 1.807) is 38.0 Å². The fourth-order valence-electron chi connectivity index (χ4n) is 7.53. The molecule has 0 unspecified atom stereocenters. The van der Waals surface area contributed by atoms with Crippen molar-refractivity contribution in [1.82, 2.24) is 49.0 Å². The number of hydrogen-bond donors (Lipinski definition) is 2. The van der Waals surface area contributed by atoms with Gasteiger partial charge in [0.15, 0.2) is 23.3 Å². The Labute approximate surface area is 372 Å². The molecule has 0 spiro atoms. The molecule has 18 nitrogen and oxygen atoms in total. The third-order valence-corrected chi connectivity index (χ3v) is 11.1. The van der Waals surface area contributed by atoms with Gasteiger partial charge in [-0.3, -0.25) is 18.8 Å². The van der Waals surface area contributed by atoms with Gasteiger partial charge in [0, 0.05) is 76.9 Å². The number of carbonyl (C=O) groups excluding carboxylic acids is 2. The van der Waals surface area contributed by atoms with Gasteiger partial charge in [0.05, 0.1) is 25.1 Å². The molecule has 1 aliphatic heterocycles. The van der Waals surface area contributed by atoms with Crippen LogP contribution in [0.1, 0.15) is 49.1 Å². The van der Waals surface area contributed by atoms with Crippen molar-refractivity contribution in [2.24, 2.45) is 21.1 Å². The highest BCUT2D eigenvalue weighted by Crippen LogP contribution is 2.31. The van der Waals surface area contributed by atoms with Crippen LogP contribution in [0.2, 0.25) is 10.3 Å². The molecule has 1 saturated heterocycles. The van der Waals surface area contributed by atoms with Crippen LogP contribution in [0.5, 0.6) is 0 Å². The molecule has 0 bridgehead atoms. The zero-order chi connectivity index (χ0) is 44.2. The smallest absolute Gasteiger partial charge is 0.357 e. The molecular weight excluding hydrogens is 849 g/mol. The van der Waals surface area contributed by atoms with Crippen molar-refractivity contribution in [3.05, 3.63) is 129 Å². The molecule has 324 valence electrons. The van der Waals surface area contributed by atoms with Gasteiger partial charge in [0.25, 0.3) is 0 Å². The molecule has 1 aliphatic rings. The zero-order valence-electron chi connectivity index (χ0n) is 34.7. The molecule has 0 aliphatic carbocycles. The van der Waals surface area contributed by atoms with Crippen LogP contribution < -0.4 is 16.0 Å². The summed E-state index contributed by atoms with van der Waals surface area (Å²) in [5, 5.41) is 9.70. The first-order chi connectivity index (χ1) is 30.4. The van der Waals surface area contributed by atoms with Crippen LogP contribution in [-0.2, 0) is 54.8 Å². The molecule has 0 radical (unpaired) electrons. The number of nitrogens with zero attached hydrogens (tertiary/aromatic N) is 11. The van der Waals surface area contributed by atoms with Crippen molar-refractivity contribution in [1.29, 1.82) is 0 Å². The summed E-state index contributed by atoms with van der Waals surface area (Å²) >= 11 is 13.2. The number of nitrogens with two attached hydrogens (primary N) is 2. The maximum Gasteiger partial charge on any atom is 0.357 e. The van der Waals surface area contributed by atoms with Crippen molar-refractivity contribution < 1.29 is 28.4 Å². The summed E-state index contributed by atoms with van der Waals surface area (Å²) in [5.74, 6) is -0.312. The second-order valence-corrected chi connectivity index (χ2v) is 15.5.